The Morgan fingerprint density at radius 2 is 1.79 bits per heavy atom. The largest absolute Gasteiger partial charge is 0.496 e. The molecule has 0 saturated heterocycles. The second kappa shape index (κ2) is 5.35. The fraction of sp³-hybridized carbons (Fsp3) is 0.375. The zero-order chi connectivity index (χ0) is 14.0. The number of ether oxygens (including phenoxy) is 1. The summed E-state index contributed by atoms with van der Waals surface area (Å²) in [4.78, 5) is 1.13. The fourth-order valence-corrected chi connectivity index (χ4v) is 2.84. The Balaban J connectivity index is 2.22. The van der Waals surface area contributed by atoms with Gasteiger partial charge in [0.05, 0.1) is 13.2 Å². The van der Waals surface area contributed by atoms with E-state index >= 15 is 0 Å². The molecule has 1 heterocycles. The number of hydrogen-bond acceptors (Lipinski definition) is 3. The van der Waals surface area contributed by atoms with Crippen LogP contribution in [0.5, 0.6) is 5.75 Å². The molecule has 3 heteroatoms. The summed E-state index contributed by atoms with van der Waals surface area (Å²) in [6, 6.07) is 10.5. The SMILES string of the molecule is COc1csc(C(N)c2ccc(C(C)(C)C)cc2)c1. The Labute approximate surface area is 119 Å². The van der Waals surface area contributed by atoms with E-state index in [-0.39, 0.29) is 11.5 Å². The van der Waals surface area contributed by atoms with Gasteiger partial charge in [0, 0.05) is 10.3 Å². The predicted molar refractivity (Wildman–Crippen MR) is 82.0 cm³/mol. The van der Waals surface area contributed by atoms with Crippen molar-refractivity contribution in [1.29, 1.82) is 0 Å². The number of hydrogen-bond donors (Lipinski definition) is 1. The van der Waals surface area contributed by atoms with Gasteiger partial charge in [0.25, 0.3) is 0 Å². The average molecular weight is 275 g/mol. The second-order valence-corrected chi connectivity index (χ2v) is 6.68. The lowest BCUT2D eigenvalue weighted by Gasteiger charge is -2.20. The number of thiophene rings is 1. The first kappa shape index (κ1) is 14.1. The maximum Gasteiger partial charge on any atom is 0.129 e. The van der Waals surface area contributed by atoms with E-state index < -0.39 is 0 Å². The van der Waals surface area contributed by atoms with E-state index in [1.165, 1.54) is 5.56 Å². The van der Waals surface area contributed by atoms with Crippen LogP contribution >= 0.6 is 11.3 Å². The van der Waals surface area contributed by atoms with Crippen molar-refractivity contribution in [2.45, 2.75) is 32.2 Å². The number of benzene rings is 1. The van der Waals surface area contributed by atoms with Crippen LogP contribution in [-0.2, 0) is 5.41 Å². The van der Waals surface area contributed by atoms with Gasteiger partial charge < -0.3 is 10.5 Å². The number of nitrogens with two attached hydrogens (primary N) is 1. The highest BCUT2D eigenvalue weighted by atomic mass is 32.1. The summed E-state index contributed by atoms with van der Waals surface area (Å²) in [6.07, 6.45) is 0. The van der Waals surface area contributed by atoms with Crippen LogP contribution in [0.3, 0.4) is 0 Å². The minimum Gasteiger partial charge on any atom is -0.496 e. The first-order valence-corrected chi connectivity index (χ1v) is 7.28. The molecule has 0 saturated carbocycles. The first-order valence-electron chi connectivity index (χ1n) is 6.40. The molecule has 0 bridgehead atoms. The fourth-order valence-electron chi connectivity index (χ4n) is 1.96. The van der Waals surface area contributed by atoms with Crippen molar-refractivity contribution in [1.82, 2.24) is 0 Å². The molecular formula is C16H21NOS. The normalized spacial score (nSPS) is 13.3. The van der Waals surface area contributed by atoms with E-state index in [9.17, 15) is 0 Å². The lowest BCUT2D eigenvalue weighted by Crippen LogP contribution is -2.13. The molecule has 2 rings (SSSR count). The Morgan fingerprint density at radius 3 is 2.26 bits per heavy atom. The van der Waals surface area contributed by atoms with Gasteiger partial charge in [-0.2, -0.15) is 0 Å². The predicted octanol–water partition coefficient (Wildman–Crippen LogP) is 4.10. The van der Waals surface area contributed by atoms with Gasteiger partial charge in [0.15, 0.2) is 0 Å². The van der Waals surface area contributed by atoms with Crippen molar-refractivity contribution in [2.75, 3.05) is 7.11 Å². The molecule has 1 aromatic carbocycles. The van der Waals surface area contributed by atoms with Crippen LogP contribution < -0.4 is 10.5 Å². The van der Waals surface area contributed by atoms with Crippen molar-refractivity contribution in [3.63, 3.8) is 0 Å². The summed E-state index contributed by atoms with van der Waals surface area (Å²) in [6.45, 7) is 6.64. The lowest BCUT2D eigenvalue weighted by molar-refractivity contribution is 0.416. The molecule has 0 aliphatic carbocycles. The molecule has 0 radical (unpaired) electrons. The first-order chi connectivity index (χ1) is 8.91. The molecule has 1 atom stereocenters. The third kappa shape index (κ3) is 3.17. The zero-order valence-corrected chi connectivity index (χ0v) is 12.8. The maximum absolute atomic E-state index is 6.30. The third-order valence-corrected chi connectivity index (χ3v) is 4.27. The van der Waals surface area contributed by atoms with E-state index in [0.29, 0.717) is 0 Å². The quantitative estimate of drug-likeness (QED) is 0.915. The van der Waals surface area contributed by atoms with Gasteiger partial charge >= 0.3 is 0 Å². The van der Waals surface area contributed by atoms with Crippen LogP contribution in [0, 0.1) is 0 Å². The maximum atomic E-state index is 6.30. The molecular weight excluding hydrogens is 254 g/mol. The molecule has 0 fully saturated rings. The van der Waals surface area contributed by atoms with Crippen molar-refractivity contribution in [3.05, 3.63) is 51.7 Å². The van der Waals surface area contributed by atoms with Gasteiger partial charge in [-0.3, -0.25) is 0 Å². The zero-order valence-electron chi connectivity index (χ0n) is 11.9. The molecule has 1 unspecified atom stereocenters. The van der Waals surface area contributed by atoms with Crippen molar-refractivity contribution >= 4 is 11.3 Å². The lowest BCUT2D eigenvalue weighted by atomic mass is 9.86. The highest BCUT2D eigenvalue weighted by Gasteiger charge is 2.15. The van der Waals surface area contributed by atoms with Gasteiger partial charge in [-0.15, -0.1) is 11.3 Å². The van der Waals surface area contributed by atoms with Gasteiger partial charge in [0.1, 0.15) is 5.75 Å². The van der Waals surface area contributed by atoms with E-state index in [4.69, 9.17) is 10.5 Å². The molecule has 0 spiro atoms. The number of methoxy groups -OCH3 is 1. The Bertz CT molecular complexity index is 537. The van der Waals surface area contributed by atoms with E-state index in [1.807, 2.05) is 11.4 Å². The highest BCUT2D eigenvalue weighted by molar-refractivity contribution is 7.10. The monoisotopic (exact) mass is 275 g/mol. The van der Waals surface area contributed by atoms with Crippen LogP contribution in [-0.4, -0.2) is 7.11 Å². The van der Waals surface area contributed by atoms with Crippen LogP contribution in [0.2, 0.25) is 0 Å². The molecule has 1 aromatic heterocycles. The molecule has 102 valence electrons. The smallest absolute Gasteiger partial charge is 0.129 e. The Morgan fingerprint density at radius 1 is 1.16 bits per heavy atom. The Kier molecular flexibility index (Phi) is 3.97. The molecule has 0 aliphatic heterocycles. The summed E-state index contributed by atoms with van der Waals surface area (Å²) in [5, 5.41) is 1.98. The number of rotatable bonds is 3. The summed E-state index contributed by atoms with van der Waals surface area (Å²) >= 11 is 1.64. The molecule has 2 nitrogen and oxygen atoms in total. The minimum atomic E-state index is -0.0806. The van der Waals surface area contributed by atoms with E-state index in [0.717, 1.165) is 16.2 Å². The second-order valence-electron chi connectivity index (χ2n) is 5.74. The van der Waals surface area contributed by atoms with Crippen LogP contribution in [0.1, 0.15) is 42.8 Å². The standard InChI is InChI=1S/C16H21NOS/c1-16(2,3)12-7-5-11(6-8-12)15(17)14-9-13(18-4)10-19-14/h5-10,15H,17H2,1-4H3. The van der Waals surface area contributed by atoms with E-state index in [2.05, 4.69) is 45.0 Å². The molecule has 0 aliphatic rings. The average Bonchev–Trinajstić information content (AvgIpc) is 2.86. The van der Waals surface area contributed by atoms with Gasteiger partial charge in [-0.1, -0.05) is 45.0 Å². The van der Waals surface area contributed by atoms with Crippen molar-refractivity contribution < 1.29 is 4.74 Å². The van der Waals surface area contributed by atoms with E-state index in [1.54, 1.807) is 18.4 Å². The summed E-state index contributed by atoms with van der Waals surface area (Å²) in [7, 11) is 1.68. The van der Waals surface area contributed by atoms with Gasteiger partial charge in [-0.05, 0) is 22.6 Å². The highest BCUT2D eigenvalue weighted by Crippen LogP contribution is 2.30. The summed E-state index contributed by atoms with van der Waals surface area (Å²) in [5.41, 5.74) is 8.94. The summed E-state index contributed by atoms with van der Waals surface area (Å²) in [5.74, 6) is 0.877. The van der Waals surface area contributed by atoms with Crippen LogP contribution in [0.25, 0.3) is 0 Å². The van der Waals surface area contributed by atoms with Crippen molar-refractivity contribution in [2.24, 2.45) is 5.73 Å². The summed E-state index contributed by atoms with van der Waals surface area (Å²) < 4.78 is 5.20. The van der Waals surface area contributed by atoms with Crippen LogP contribution in [0.4, 0.5) is 0 Å². The Hall–Kier alpha value is -1.32. The van der Waals surface area contributed by atoms with Gasteiger partial charge in [-0.25, -0.2) is 0 Å². The molecule has 2 aromatic rings. The molecule has 2 N–H and O–H groups in total. The molecule has 19 heavy (non-hydrogen) atoms. The van der Waals surface area contributed by atoms with Gasteiger partial charge in [0.2, 0.25) is 0 Å². The topological polar surface area (TPSA) is 35.2 Å². The van der Waals surface area contributed by atoms with Crippen molar-refractivity contribution in [3.8, 4) is 5.75 Å². The van der Waals surface area contributed by atoms with Crippen LogP contribution in [0.15, 0.2) is 35.7 Å². The minimum absolute atomic E-state index is 0.0806. The molecule has 0 amide bonds. The third-order valence-electron chi connectivity index (χ3n) is 3.27.